The minimum atomic E-state index is -0.619. The fourth-order valence-corrected chi connectivity index (χ4v) is 6.13. The van der Waals surface area contributed by atoms with Crippen LogP contribution in [0.25, 0.3) is 6.08 Å². The minimum Gasteiger partial charge on any atom is -0.497 e. The molecule has 5 aromatic rings. The Morgan fingerprint density at radius 2 is 1.49 bits per heavy atom. The van der Waals surface area contributed by atoms with Gasteiger partial charge in [-0.1, -0.05) is 72.3 Å². The van der Waals surface area contributed by atoms with Crippen molar-refractivity contribution < 1.29 is 23.9 Å². The zero-order chi connectivity index (χ0) is 34.8. The maximum absolute atomic E-state index is 13.8. The molecule has 0 fully saturated rings. The van der Waals surface area contributed by atoms with Crippen molar-refractivity contribution >= 4 is 58.5 Å². The second-order valence-corrected chi connectivity index (χ2v) is 12.4. The van der Waals surface area contributed by atoms with E-state index in [9.17, 15) is 14.4 Å². The number of amides is 3. The lowest BCUT2D eigenvalue weighted by Crippen LogP contribution is -2.30. The molecule has 0 aromatic heterocycles. The van der Waals surface area contributed by atoms with E-state index in [1.807, 2.05) is 49.4 Å². The van der Waals surface area contributed by atoms with Gasteiger partial charge in [0.2, 0.25) is 5.91 Å². The average Bonchev–Trinajstić information content (AvgIpc) is 3.13. The van der Waals surface area contributed by atoms with Crippen LogP contribution in [0, 0.1) is 6.92 Å². The van der Waals surface area contributed by atoms with Crippen LogP contribution >= 0.6 is 23.4 Å². The fraction of sp³-hybridized carbons (Fsp3) is 0.103. The number of benzene rings is 5. The van der Waals surface area contributed by atoms with Crippen LogP contribution in [0.2, 0.25) is 5.02 Å². The molecule has 49 heavy (non-hydrogen) atoms. The molecule has 0 bridgehead atoms. The number of anilines is 2. The topological polar surface area (TPSA) is 106 Å². The molecule has 0 heterocycles. The SMILES string of the molecule is COc1ccc(OC)c(/C=C(/NC(=O)c2ccccc2)C(=O)Nc2cccc(SC(C(=O)Nc3cccc(Cl)c3C)c3ccccc3)c2)c1. The highest BCUT2D eigenvalue weighted by atomic mass is 35.5. The van der Waals surface area contributed by atoms with Gasteiger partial charge < -0.3 is 25.4 Å². The molecule has 0 saturated carbocycles. The van der Waals surface area contributed by atoms with Crippen LogP contribution in [-0.4, -0.2) is 31.9 Å². The van der Waals surface area contributed by atoms with Gasteiger partial charge in [0.25, 0.3) is 11.8 Å². The van der Waals surface area contributed by atoms with E-state index in [2.05, 4.69) is 16.0 Å². The van der Waals surface area contributed by atoms with E-state index >= 15 is 0 Å². The molecule has 0 spiro atoms. The lowest BCUT2D eigenvalue weighted by molar-refractivity contribution is -0.116. The average molecular weight is 692 g/mol. The van der Waals surface area contributed by atoms with Gasteiger partial charge >= 0.3 is 0 Å². The predicted molar refractivity (Wildman–Crippen MR) is 196 cm³/mol. The number of hydrogen-bond donors (Lipinski definition) is 3. The number of thioether (sulfide) groups is 1. The van der Waals surface area contributed by atoms with E-state index in [1.165, 1.54) is 32.1 Å². The first-order valence-electron chi connectivity index (χ1n) is 15.2. The smallest absolute Gasteiger partial charge is 0.272 e. The van der Waals surface area contributed by atoms with Crippen LogP contribution in [0.15, 0.2) is 132 Å². The first kappa shape index (κ1) is 34.8. The zero-order valence-corrected chi connectivity index (χ0v) is 28.6. The number of hydrogen-bond acceptors (Lipinski definition) is 6. The van der Waals surface area contributed by atoms with Gasteiger partial charge in [-0.25, -0.2) is 0 Å². The monoisotopic (exact) mass is 691 g/mol. The van der Waals surface area contributed by atoms with Crippen molar-refractivity contribution in [1.82, 2.24) is 5.32 Å². The summed E-state index contributed by atoms with van der Waals surface area (Å²) in [5.41, 5.74) is 3.56. The Labute approximate surface area is 294 Å². The number of nitrogens with one attached hydrogen (secondary N) is 3. The number of halogens is 1. The highest BCUT2D eigenvalue weighted by Crippen LogP contribution is 2.38. The molecule has 248 valence electrons. The third kappa shape index (κ3) is 9.10. The lowest BCUT2D eigenvalue weighted by atomic mass is 10.1. The van der Waals surface area contributed by atoms with Gasteiger partial charge in [-0.05, 0) is 84.8 Å². The molecule has 10 heteroatoms. The van der Waals surface area contributed by atoms with Gasteiger partial charge in [0.1, 0.15) is 22.4 Å². The number of carbonyl (C=O) groups excluding carboxylic acids is 3. The zero-order valence-electron chi connectivity index (χ0n) is 27.0. The van der Waals surface area contributed by atoms with Crippen molar-refractivity contribution in [2.75, 3.05) is 24.9 Å². The first-order valence-corrected chi connectivity index (χ1v) is 16.5. The number of ether oxygens (including phenoxy) is 2. The molecule has 0 saturated heterocycles. The maximum Gasteiger partial charge on any atom is 0.272 e. The molecule has 0 radical (unpaired) electrons. The molecule has 0 aliphatic rings. The Hall–Kier alpha value is -5.51. The van der Waals surface area contributed by atoms with Crippen LogP contribution in [0.5, 0.6) is 11.5 Å². The summed E-state index contributed by atoms with van der Waals surface area (Å²) >= 11 is 7.65. The molecule has 1 unspecified atom stereocenters. The molecule has 0 aliphatic heterocycles. The van der Waals surface area contributed by atoms with Crippen LogP contribution in [0.3, 0.4) is 0 Å². The molecular formula is C39H34ClN3O5S. The number of methoxy groups -OCH3 is 2. The summed E-state index contributed by atoms with van der Waals surface area (Å²) in [6.07, 6.45) is 1.53. The van der Waals surface area contributed by atoms with Crippen molar-refractivity contribution in [1.29, 1.82) is 0 Å². The quantitative estimate of drug-likeness (QED) is 0.0895. The molecule has 5 rings (SSSR count). The summed E-state index contributed by atoms with van der Waals surface area (Å²) in [7, 11) is 3.05. The highest BCUT2D eigenvalue weighted by molar-refractivity contribution is 8.00. The van der Waals surface area contributed by atoms with Gasteiger partial charge in [0.15, 0.2) is 0 Å². The summed E-state index contributed by atoms with van der Waals surface area (Å²) in [6.45, 7) is 1.85. The van der Waals surface area contributed by atoms with Crippen LogP contribution < -0.4 is 25.4 Å². The van der Waals surface area contributed by atoms with Gasteiger partial charge in [-0.3, -0.25) is 14.4 Å². The van der Waals surface area contributed by atoms with Crippen LogP contribution in [-0.2, 0) is 9.59 Å². The predicted octanol–water partition coefficient (Wildman–Crippen LogP) is 8.55. The van der Waals surface area contributed by atoms with Gasteiger partial charge in [-0.2, -0.15) is 0 Å². The summed E-state index contributed by atoms with van der Waals surface area (Å²) in [5, 5.41) is 8.61. The third-order valence-corrected chi connectivity index (χ3v) is 9.13. The van der Waals surface area contributed by atoms with Crippen molar-refractivity contribution in [3.63, 3.8) is 0 Å². The minimum absolute atomic E-state index is 0.0168. The molecule has 3 amide bonds. The van der Waals surface area contributed by atoms with E-state index in [1.54, 1.807) is 78.9 Å². The molecule has 0 aliphatic carbocycles. The van der Waals surface area contributed by atoms with E-state index in [0.29, 0.717) is 39.0 Å². The summed E-state index contributed by atoms with van der Waals surface area (Å²) in [6, 6.07) is 35.7. The Bertz CT molecular complexity index is 1990. The number of carbonyl (C=O) groups is 3. The fourth-order valence-electron chi connectivity index (χ4n) is 4.87. The van der Waals surface area contributed by atoms with E-state index in [0.717, 1.165) is 16.0 Å². The van der Waals surface area contributed by atoms with Gasteiger partial charge in [-0.15, -0.1) is 11.8 Å². The normalized spacial score (nSPS) is 11.6. The third-order valence-electron chi connectivity index (χ3n) is 7.48. The summed E-state index contributed by atoms with van der Waals surface area (Å²) < 4.78 is 10.9. The molecule has 3 N–H and O–H groups in total. The molecular weight excluding hydrogens is 658 g/mol. The van der Waals surface area contributed by atoms with Crippen LogP contribution in [0.4, 0.5) is 11.4 Å². The summed E-state index contributed by atoms with van der Waals surface area (Å²) in [4.78, 5) is 41.5. The van der Waals surface area contributed by atoms with Gasteiger partial charge in [0, 0.05) is 32.4 Å². The van der Waals surface area contributed by atoms with Crippen molar-refractivity contribution in [2.24, 2.45) is 0 Å². The second kappa shape index (κ2) is 16.5. The number of rotatable bonds is 12. The Morgan fingerprint density at radius 3 is 2.20 bits per heavy atom. The van der Waals surface area contributed by atoms with E-state index < -0.39 is 17.1 Å². The largest absolute Gasteiger partial charge is 0.497 e. The summed E-state index contributed by atoms with van der Waals surface area (Å²) in [5.74, 6) is -0.216. The van der Waals surface area contributed by atoms with Crippen molar-refractivity contribution in [3.05, 3.63) is 154 Å². The Morgan fingerprint density at radius 1 is 0.776 bits per heavy atom. The first-order chi connectivity index (χ1) is 23.7. The maximum atomic E-state index is 13.8. The van der Waals surface area contributed by atoms with E-state index in [4.69, 9.17) is 21.1 Å². The molecule has 5 aromatic carbocycles. The lowest BCUT2D eigenvalue weighted by Gasteiger charge is -2.19. The van der Waals surface area contributed by atoms with Crippen molar-refractivity contribution in [2.45, 2.75) is 17.1 Å². The van der Waals surface area contributed by atoms with Gasteiger partial charge in [0.05, 0.1) is 14.2 Å². The van der Waals surface area contributed by atoms with E-state index in [-0.39, 0.29) is 11.6 Å². The second-order valence-electron chi connectivity index (χ2n) is 10.8. The molecule has 8 nitrogen and oxygen atoms in total. The van der Waals surface area contributed by atoms with Crippen LogP contribution in [0.1, 0.15) is 32.3 Å². The Balaban J connectivity index is 1.42. The Kier molecular flexibility index (Phi) is 11.8. The highest BCUT2D eigenvalue weighted by Gasteiger charge is 2.24. The standard InChI is InChI=1S/C39H34ClN3O5S/c1-25-32(40)18-11-19-33(25)42-39(46)36(26-12-6-4-7-13-26)49-31-17-10-16-29(24-31)41-38(45)34(43-37(44)27-14-8-5-9-15-27)23-28-22-30(47-2)20-21-35(28)48-3/h4-24,36H,1-3H3,(H,41,45)(H,42,46)(H,43,44)/b34-23+. The van der Waals surface area contributed by atoms with Crippen molar-refractivity contribution in [3.8, 4) is 11.5 Å². The molecule has 1 atom stereocenters.